The molecule has 3 rings (SSSR count). The van der Waals surface area contributed by atoms with Crippen LogP contribution in [-0.4, -0.2) is 39.7 Å². The third-order valence-electron chi connectivity index (χ3n) is 4.88. The third kappa shape index (κ3) is 3.58. The number of aromatic nitrogens is 4. The number of anilines is 1. The quantitative estimate of drug-likeness (QED) is 0.708. The van der Waals surface area contributed by atoms with Crippen molar-refractivity contribution in [2.45, 2.75) is 27.3 Å². The summed E-state index contributed by atoms with van der Waals surface area (Å²) in [5.74, 6) is 1.16. The molecule has 0 fully saturated rings. The zero-order chi connectivity index (χ0) is 20.4. The summed E-state index contributed by atoms with van der Waals surface area (Å²) < 4.78 is 14.2. The van der Waals surface area contributed by atoms with E-state index in [1.165, 1.54) is 0 Å². The van der Waals surface area contributed by atoms with Crippen LogP contribution in [0.3, 0.4) is 0 Å². The zero-order valence-corrected chi connectivity index (χ0v) is 17.0. The Bertz CT molecular complexity index is 1020. The van der Waals surface area contributed by atoms with Crippen LogP contribution in [0.4, 0.5) is 5.69 Å². The fourth-order valence-corrected chi connectivity index (χ4v) is 3.09. The van der Waals surface area contributed by atoms with Gasteiger partial charge in [-0.15, -0.1) is 0 Å². The zero-order valence-electron chi connectivity index (χ0n) is 17.0. The number of hydrogen-bond acceptors (Lipinski definition) is 5. The predicted octanol–water partition coefficient (Wildman–Crippen LogP) is 2.86. The first-order valence-electron chi connectivity index (χ1n) is 8.90. The van der Waals surface area contributed by atoms with E-state index < -0.39 is 0 Å². The van der Waals surface area contributed by atoms with Crippen molar-refractivity contribution in [1.29, 1.82) is 0 Å². The maximum absolute atomic E-state index is 12.6. The monoisotopic (exact) mass is 383 g/mol. The van der Waals surface area contributed by atoms with Gasteiger partial charge in [0.1, 0.15) is 0 Å². The molecule has 148 valence electrons. The summed E-state index contributed by atoms with van der Waals surface area (Å²) in [5.41, 5.74) is 4.73. The smallest absolute Gasteiger partial charge is 0.259 e. The van der Waals surface area contributed by atoms with Crippen LogP contribution in [0.5, 0.6) is 11.5 Å². The van der Waals surface area contributed by atoms with E-state index >= 15 is 0 Å². The first-order valence-corrected chi connectivity index (χ1v) is 8.90. The number of nitrogens with one attached hydrogen (secondary N) is 1. The number of ether oxygens (including phenoxy) is 2. The second-order valence-electron chi connectivity index (χ2n) is 6.61. The van der Waals surface area contributed by atoms with E-state index in [-0.39, 0.29) is 5.91 Å². The summed E-state index contributed by atoms with van der Waals surface area (Å²) in [4.78, 5) is 12.6. The van der Waals surface area contributed by atoms with Crippen molar-refractivity contribution in [3.63, 3.8) is 0 Å². The van der Waals surface area contributed by atoms with Crippen molar-refractivity contribution in [1.82, 2.24) is 19.6 Å². The molecule has 0 saturated carbocycles. The number of methoxy groups -OCH3 is 2. The van der Waals surface area contributed by atoms with E-state index in [0.29, 0.717) is 29.3 Å². The molecule has 28 heavy (non-hydrogen) atoms. The fourth-order valence-electron chi connectivity index (χ4n) is 3.09. The van der Waals surface area contributed by atoms with E-state index in [1.807, 2.05) is 50.7 Å². The highest BCUT2D eigenvalue weighted by atomic mass is 16.5. The minimum atomic E-state index is -0.192. The second-order valence-corrected chi connectivity index (χ2v) is 6.61. The van der Waals surface area contributed by atoms with E-state index in [0.717, 1.165) is 22.6 Å². The molecule has 0 radical (unpaired) electrons. The van der Waals surface area contributed by atoms with Crippen LogP contribution < -0.4 is 14.8 Å². The van der Waals surface area contributed by atoms with E-state index in [4.69, 9.17) is 9.47 Å². The van der Waals surface area contributed by atoms with Gasteiger partial charge in [-0.1, -0.05) is 6.07 Å². The van der Waals surface area contributed by atoms with Gasteiger partial charge in [-0.2, -0.15) is 10.2 Å². The molecule has 8 nitrogen and oxygen atoms in total. The largest absolute Gasteiger partial charge is 0.493 e. The molecule has 1 N–H and O–H groups in total. The van der Waals surface area contributed by atoms with Gasteiger partial charge < -0.3 is 14.8 Å². The Morgan fingerprint density at radius 2 is 1.82 bits per heavy atom. The molecule has 0 aliphatic heterocycles. The van der Waals surface area contributed by atoms with Gasteiger partial charge in [0, 0.05) is 12.7 Å². The summed E-state index contributed by atoms with van der Waals surface area (Å²) in [5, 5.41) is 11.7. The van der Waals surface area contributed by atoms with Gasteiger partial charge in [-0.25, -0.2) is 0 Å². The Kier molecular flexibility index (Phi) is 5.39. The molecular formula is C20H25N5O3. The minimum absolute atomic E-state index is 0.192. The first-order chi connectivity index (χ1) is 13.3. The molecule has 2 aromatic heterocycles. The topological polar surface area (TPSA) is 83.2 Å². The first kappa shape index (κ1) is 19.5. The Morgan fingerprint density at radius 1 is 1.11 bits per heavy atom. The van der Waals surface area contributed by atoms with Crippen LogP contribution in [0.2, 0.25) is 0 Å². The number of aryl methyl sites for hydroxylation is 2. The van der Waals surface area contributed by atoms with Crippen LogP contribution >= 0.6 is 0 Å². The SMILES string of the molecule is COc1ccc(Cn2nc(C)c(NC(=O)c3cnn(C)c3C)c2C)cc1OC. The maximum Gasteiger partial charge on any atom is 0.259 e. The fraction of sp³-hybridized carbons (Fsp3) is 0.350. The second kappa shape index (κ2) is 7.75. The van der Waals surface area contributed by atoms with Crippen LogP contribution in [0.15, 0.2) is 24.4 Å². The number of nitrogens with zero attached hydrogens (tertiary/aromatic N) is 4. The van der Waals surface area contributed by atoms with E-state index in [9.17, 15) is 4.79 Å². The number of rotatable bonds is 6. The Morgan fingerprint density at radius 3 is 2.43 bits per heavy atom. The number of hydrogen-bond donors (Lipinski definition) is 1. The van der Waals surface area contributed by atoms with Crippen LogP contribution in [0, 0.1) is 20.8 Å². The molecule has 0 saturated heterocycles. The number of carbonyl (C=O) groups is 1. The van der Waals surface area contributed by atoms with Crippen molar-refractivity contribution in [3.05, 3.63) is 52.6 Å². The van der Waals surface area contributed by atoms with Crippen LogP contribution in [-0.2, 0) is 13.6 Å². The highest BCUT2D eigenvalue weighted by molar-refractivity contribution is 6.05. The van der Waals surface area contributed by atoms with Gasteiger partial charge in [0.25, 0.3) is 5.91 Å². The van der Waals surface area contributed by atoms with E-state index in [2.05, 4.69) is 15.5 Å². The van der Waals surface area contributed by atoms with Crippen LogP contribution in [0.1, 0.15) is 33.0 Å². The summed E-state index contributed by atoms with van der Waals surface area (Å²) in [6, 6.07) is 5.76. The standard InChI is InChI=1S/C20H25N5O3/c1-12-19(22-20(26)16-10-21-24(4)13(16)2)14(3)25(23-12)11-15-7-8-17(27-5)18(9-15)28-6/h7-10H,11H2,1-6H3,(H,22,26). The molecule has 8 heteroatoms. The maximum atomic E-state index is 12.6. The molecule has 0 aliphatic carbocycles. The Balaban J connectivity index is 1.84. The third-order valence-corrected chi connectivity index (χ3v) is 4.88. The van der Waals surface area contributed by atoms with Crippen molar-refractivity contribution in [3.8, 4) is 11.5 Å². The molecule has 1 amide bonds. The summed E-state index contributed by atoms with van der Waals surface area (Å²) >= 11 is 0. The highest BCUT2D eigenvalue weighted by Gasteiger charge is 2.18. The molecule has 1 aromatic carbocycles. The lowest BCUT2D eigenvalue weighted by molar-refractivity contribution is 0.102. The van der Waals surface area contributed by atoms with E-state index in [1.54, 1.807) is 25.1 Å². The summed E-state index contributed by atoms with van der Waals surface area (Å²) in [7, 11) is 5.03. The molecule has 0 spiro atoms. The lowest BCUT2D eigenvalue weighted by Crippen LogP contribution is -2.14. The normalized spacial score (nSPS) is 10.8. The summed E-state index contributed by atoms with van der Waals surface area (Å²) in [6.07, 6.45) is 1.57. The molecule has 0 bridgehead atoms. The van der Waals surface area contributed by atoms with Gasteiger partial charge in [0.15, 0.2) is 11.5 Å². The average Bonchev–Trinajstić information content (AvgIpc) is 3.15. The van der Waals surface area contributed by atoms with Gasteiger partial charge in [-0.3, -0.25) is 14.2 Å². The lowest BCUT2D eigenvalue weighted by atomic mass is 10.2. The van der Waals surface area contributed by atoms with Crippen molar-refractivity contribution in [2.75, 3.05) is 19.5 Å². The molecule has 0 aliphatic rings. The molecule has 0 atom stereocenters. The highest BCUT2D eigenvalue weighted by Crippen LogP contribution is 2.28. The Labute approximate surface area is 164 Å². The van der Waals surface area contributed by atoms with Gasteiger partial charge >= 0.3 is 0 Å². The number of benzene rings is 1. The average molecular weight is 383 g/mol. The van der Waals surface area contributed by atoms with Gasteiger partial charge in [-0.05, 0) is 38.5 Å². The molecular weight excluding hydrogens is 358 g/mol. The lowest BCUT2D eigenvalue weighted by Gasteiger charge is -2.11. The van der Waals surface area contributed by atoms with Crippen molar-refractivity contribution in [2.24, 2.45) is 7.05 Å². The molecule has 2 heterocycles. The Hall–Kier alpha value is -3.29. The number of carbonyl (C=O) groups excluding carboxylic acids is 1. The molecule has 3 aromatic rings. The van der Waals surface area contributed by atoms with Crippen molar-refractivity contribution < 1.29 is 14.3 Å². The molecule has 0 unspecified atom stereocenters. The van der Waals surface area contributed by atoms with Crippen molar-refractivity contribution >= 4 is 11.6 Å². The van der Waals surface area contributed by atoms with Crippen LogP contribution in [0.25, 0.3) is 0 Å². The number of amides is 1. The van der Waals surface area contributed by atoms with Gasteiger partial charge in [0.2, 0.25) is 0 Å². The predicted molar refractivity (Wildman–Crippen MR) is 106 cm³/mol. The minimum Gasteiger partial charge on any atom is -0.493 e. The van der Waals surface area contributed by atoms with Gasteiger partial charge in [0.05, 0.1) is 49.6 Å². The summed E-state index contributed by atoms with van der Waals surface area (Å²) in [6.45, 7) is 6.23.